The second kappa shape index (κ2) is 7.58. The molecule has 2 aromatic rings. The number of carbonyl (C=O) groups excluding carboxylic acids is 1. The average Bonchev–Trinajstić information content (AvgIpc) is 2.98. The van der Waals surface area contributed by atoms with Crippen molar-refractivity contribution in [2.45, 2.75) is 38.7 Å². The van der Waals surface area contributed by atoms with Crippen molar-refractivity contribution < 1.29 is 14.3 Å². The Hall–Kier alpha value is -2.52. The first-order valence-electron chi connectivity index (χ1n) is 8.28. The maximum atomic E-state index is 12.5. The van der Waals surface area contributed by atoms with Gasteiger partial charge in [0.2, 0.25) is 0 Å². The number of rotatable bonds is 5. The van der Waals surface area contributed by atoms with Crippen LogP contribution in [0.4, 0.5) is 5.00 Å². The predicted molar refractivity (Wildman–Crippen MR) is 97.4 cm³/mol. The van der Waals surface area contributed by atoms with Crippen LogP contribution in [0.2, 0.25) is 0 Å². The second-order valence-corrected chi connectivity index (χ2v) is 7.06. The largest absolute Gasteiger partial charge is 0.497 e. The van der Waals surface area contributed by atoms with Gasteiger partial charge >= 0.3 is 0 Å². The minimum atomic E-state index is -0.683. The van der Waals surface area contributed by atoms with Gasteiger partial charge in [0.25, 0.3) is 5.91 Å². The van der Waals surface area contributed by atoms with Crippen molar-refractivity contribution in [1.29, 1.82) is 5.26 Å². The lowest BCUT2D eigenvalue weighted by Gasteiger charge is -2.14. The minimum absolute atomic E-state index is 0.266. The Balaban J connectivity index is 1.71. The highest BCUT2D eigenvalue weighted by atomic mass is 32.1. The molecule has 25 heavy (non-hydrogen) atoms. The van der Waals surface area contributed by atoms with Crippen LogP contribution >= 0.6 is 11.3 Å². The number of nitrogens with one attached hydrogen (secondary N) is 1. The van der Waals surface area contributed by atoms with Crippen LogP contribution < -0.4 is 14.8 Å². The summed E-state index contributed by atoms with van der Waals surface area (Å²) in [4.78, 5) is 13.7. The van der Waals surface area contributed by atoms with Crippen LogP contribution in [0.1, 0.15) is 35.8 Å². The summed E-state index contributed by atoms with van der Waals surface area (Å²) in [6, 6.07) is 9.37. The smallest absolute Gasteiger partial charge is 0.265 e. The molecular formula is C19H20N2O3S. The van der Waals surface area contributed by atoms with E-state index in [1.807, 2.05) is 6.07 Å². The van der Waals surface area contributed by atoms with Crippen LogP contribution in [0, 0.1) is 11.3 Å². The molecule has 1 aromatic carbocycles. The average molecular weight is 356 g/mol. The SMILES string of the molecule is COc1cccc(OC(C)C(=O)Nc2sc3c(c2C#N)CCCC3)c1. The number of hydrogen-bond acceptors (Lipinski definition) is 5. The van der Waals surface area contributed by atoms with Gasteiger partial charge in [-0.05, 0) is 50.3 Å². The first-order valence-corrected chi connectivity index (χ1v) is 9.10. The molecule has 5 nitrogen and oxygen atoms in total. The Kier molecular flexibility index (Phi) is 5.25. The molecule has 0 radical (unpaired) electrons. The van der Waals surface area contributed by atoms with Crippen LogP contribution in [-0.2, 0) is 17.6 Å². The number of methoxy groups -OCH3 is 1. The van der Waals surface area contributed by atoms with Gasteiger partial charge < -0.3 is 14.8 Å². The molecule has 6 heteroatoms. The molecular weight excluding hydrogens is 336 g/mol. The van der Waals surface area contributed by atoms with E-state index in [1.54, 1.807) is 32.2 Å². The van der Waals surface area contributed by atoms with Crippen LogP contribution in [0.15, 0.2) is 24.3 Å². The maximum Gasteiger partial charge on any atom is 0.265 e. The van der Waals surface area contributed by atoms with Crippen LogP contribution in [0.25, 0.3) is 0 Å². The van der Waals surface area contributed by atoms with Gasteiger partial charge in [0, 0.05) is 10.9 Å². The fourth-order valence-corrected chi connectivity index (χ4v) is 4.16. The van der Waals surface area contributed by atoms with Crippen molar-refractivity contribution in [1.82, 2.24) is 0 Å². The summed E-state index contributed by atoms with van der Waals surface area (Å²) >= 11 is 1.51. The number of ether oxygens (including phenoxy) is 2. The zero-order valence-electron chi connectivity index (χ0n) is 14.3. The Labute approximate surface area is 151 Å². The molecule has 0 aliphatic heterocycles. The molecule has 130 valence electrons. The maximum absolute atomic E-state index is 12.5. The normalized spacial score (nSPS) is 14.1. The third kappa shape index (κ3) is 3.77. The van der Waals surface area contributed by atoms with E-state index in [-0.39, 0.29) is 5.91 Å². The second-order valence-electron chi connectivity index (χ2n) is 5.96. The molecule has 0 bridgehead atoms. The number of carbonyl (C=O) groups is 1. The third-order valence-electron chi connectivity index (χ3n) is 4.24. The van der Waals surface area contributed by atoms with Crippen molar-refractivity contribution in [3.63, 3.8) is 0 Å². The van der Waals surface area contributed by atoms with E-state index in [1.165, 1.54) is 16.2 Å². The zero-order valence-corrected chi connectivity index (χ0v) is 15.1. The molecule has 1 aromatic heterocycles. The van der Waals surface area contributed by atoms with Crippen molar-refractivity contribution in [2.24, 2.45) is 0 Å². The van der Waals surface area contributed by atoms with E-state index in [9.17, 15) is 10.1 Å². The van der Waals surface area contributed by atoms with Gasteiger partial charge in [-0.15, -0.1) is 11.3 Å². The van der Waals surface area contributed by atoms with Crippen molar-refractivity contribution in [3.05, 3.63) is 40.3 Å². The molecule has 1 N–H and O–H groups in total. The summed E-state index contributed by atoms with van der Waals surface area (Å²) < 4.78 is 10.9. The van der Waals surface area contributed by atoms with E-state index >= 15 is 0 Å². The van der Waals surface area contributed by atoms with Crippen LogP contribution in [0.3, 0.4) is 0 Å². The van der Waals surface area contributed by atoms with Crippen molar-refractivity contribution >= 4 is 22.2 Å². The molecule has 0 saturated carbocycles. The lowest BCUT2D eigenvalue weighted by Crippen LogP contribution is -2.30. The summed E-state index contributed by atoms with van der Waals surface area (Å²) in [6.45, 7) is 1.69. The van der Waals surface area contributed by atoms with E-state index in [0.29, 0.717) is 22.1 Å². The summed E-state index contributed by atoms with van der Waals surface area (Å²) in [6.07, 6.45) is 3.46. The molecule has 1 unspecified atom stereocenters. The number of nitriles is 1. The number of hydrogen-bond donors (Lipinski definition) is 1. The number of fused-ring (bicyclic) bond motifs is 1. The zero-order chi connectivity index (χ0) is 17.8. The van der Waals surface area contributed by atoms with Gasteiger partial charge in [-0.25, -0.2) is 0 Å². The molecule has 1 aliphatic carbocycles. The molecule has 1 heterocycles. The lowest BCUT2D eigenvalue weighted by atomic mass is 9.96. The summed E-state index contributed by atoms with van der Waals surface area (Å²) in [5, 5.41) is 13.0. The Morgan fingerprint density at radius 1 is 1.32 bits per heavy atom. The van der Waals surface area contributed by atoms with Gasteiger partial charge in [-0.2, -0.15) is 5.26 Å². The topological polar surface area (TPSA) is 71.3 Å². The van der Waals surface area contributed by atoms with Gasteiger partial charge in [0.1, 0.15) is 22.6 Å². The quantitative estimate of drug-likeness (QED) is 0.881. The van der Waals surface area contributed by atoms with E-state index in [0.717, 1.165) is 31.2 Å². The van der Waals surface area contributed by atoms with Gasteiger partial charge in [-0.3, -0.25) is 4.79 Å². The molecule has 1 aliphatic rings. The standard InChI is InChI=1S/C19H20N2O3S/c1-12(24-14-7-5-6-13(10-14)23-2)18(22)21-19-16(11-20)15-8-3-4-9-17(15)25-19/h5-7,10,12H,3-4,8-9H2,1-2H3,(H,21,22). The highest BCUT2D eigenvalue weighted by Gasteiger charge is 2.23. The van der Waals surface area contributed by atoms with Gasteiger partial charge in [0.15, 0.2) is 6.10 Å². The number of amides is 1. The first-order chi connectivity index (χ1) is 12.1. The number of benzene rings is 1. The fourth-order valence-electron chi connectivity index (χ4n) is 2.92. The lowest BCUT2D eigenvalue weighted by molar-refractivity contribution is -0.122. The van der Waals surface area contributed by atoms with Crippen LogP contribution in [-0.4, -0.2) is 19.1 Å². The predicted octanol–water partition coefficient (Wildman–Crippen LogP) is 3.91. The van der Waals surface area contributed by atoms with Gasteiger partial charge in [0.05, 0.1) is 12.7 Å². The number of thiophene rings is 1. The molecule has 1 amide bonds. The minimum Gasteiger partial charge on any atom is -0.497 e. The molecule has 3 rings (SSSR count). The van der Waals surface area contributed by atoms with E-state index in [2.05, 4.69) is 11.4 Å². The van der Waals surface area contributed by atoms with Crippen molar-refractivity contribution in [2.75, 3.05) is 12.4 Å². The molecule has 0 spiro atoms. The number of nitrogens with zero attached hydrogens (tertiary/aromatic N) is 1. The summed E-state index contributed by atoms with van der Waals surface area (Å²) in [5.74, 6) is 0.966. The third-order valence-corrected chi connectivity index (χ3v) is 5.45. The summed E-state index contributed by atoms with van der Waals surface area (Å²) in [5.41, 5.74) is 1.72. The highest BCUT2D eigenvalue weighted by molar-refractivity contribution is 7.16. The molecule has 1 atom stereocenters. The number of aryl methyl sites for hydroxylation is 1. The van der Waals surface area contributed by atoms with E-state index in [4.69, 9.17) is 9.47 Å². The number of anilines is 1. The Bertz CT molecular complexity index is 823. The van der Waals surface area contributed by atoms with Gasteiger partial charge in [-0.1, -0.05) is 6.07 Å². The monoisotopic (exact) mass is 356 g/mol. The molecule has 0 saturated heterocycles. The highest BCUT2D eigenvalue weighted by Crippen LogP contribution is 2.37. The fraction of sp³-hybridized carbons (Fsp3) is 0.368. The Morgan fingerprint density at radius 2 is 2.08 bits per heavy atom. The Morgan fingerprint density at radius 3 is 2.84 bits per heavy atom. The van der Waals surface area contributed by atoms with E-state index < -0.39 is 6.10 Å². The van der Waals surface area contributed by atoms with Crippen molar-refractivity contribution in [3.8, 4) is 17.6 Å². The molecule has 0 fully saturated rings. The van der Waals surface area contributed by atoms with Crippen LogP contribution in [0.5, 0.6) is 11.5 Å². The first kappa shape index (κ1) is 17.3. The summed E-state index contributed by atoms with van der Waals surface area (Å²) in [7, 11) is 1.58.